The van der Waals surface area contributed by atoms with Crippen LogP contribution in [0.3, 0.4) is 0 Å². The van der Waals surface area contributed by atoms with Gasteiger partial charge in [-0.25, -0.2) is 27.8 Å². The zero-order valence-electron chi connectivity index (χ0n) is 43.4. The molecule has 77 heavy (non-hydrogen) atoms. The molecule has 28 heteroatoms. The fourth-order valence-corrected chi connectivity index (χ4v) is 6.84. The molecule has 0 spiro atoms. The molecule has 0 fully saturated rings. The first-order chi connectivity index (χ1) is 36.0. The van der Waals surface area contributed by atoms with Gasteiger partial charge in [-0.15, -0.1) is 0 Å². The number of H-pyrrole nitrogens is 2. The fraction of sp³-hybridized carbons (Fsp3) is 0.224. The van der Waals surface area contributed by atoms with Crippen molar-refractivity contribution in [3.05, 3.63) is 177 Å². The quantitative estimate of drug-likeness (QED) is 0.0364. The second-order valence-electron chi connectivity index (χ2n) is 17.1. The fourth-order valence-electron chi connectivity index (χ4n) is 6.41. The summed E-state index contributed by atoms with van der Waals surface area (Å²) in [7, 11) is 10.4. The van der Waals surface area contributed by atoms with E-state index in [1.165, 1.54) is 26.1 Å². The first-order valence-electron chi connectivity index (χ1n) is 22.4. The number of anilines is 4. The van der Waals surface area contributed by atoms with Crippen LogP contribution in [0.2, 0.25) is 0 Å². The third-order valence-corrected chi connectivity index (χ3v) is 12.1. The van der Waals surface area contributed by atoms with Gasteiger partial charge in [-0.05, 0) is 70.7 Å². The summed E-state index contributed by atoms with van der Waals surface area (Å²) in [5, 5.41) is 8.21. The molecule has 10 rings (SSSR count). The molecule has 21 nitrogen and oxygen atoms in total. The summed E-state index contributed by atoms with van der Waals surface area (Å²) in [5.41, 5.74) is 9.21. The van der Waals surface area contributed by atoms with Crippen molar-refractivity contribution in [1.82, 2.24) is 53.3 Å². The number of aromatic amines is 2. The zero-order chi connectivity index (χ0) is 57.5. The second-order valence-corrected chi connectivity index (χ2v) is 18.2. The van der Waals surface area contributed by atoms with Crippen molar-refractivity contribution in [2.75, 3.05) is 24.7 Å². The van der Waals surface area contributed by atoms with E-state index in [2.05, 4.69) is 54.0 Å². The lowest BCUT2D eigenvalue weighted by atomic mass is 10.1. The summed E-state index contributed by atoms with van der Waals surface area (Å²) < 4.78 is 71.5. The van der Waals surface area contributed by atoms with Crippen LogP contribution in [0.25, 0.3) is 0 Å². The molecule has 8 heterocycles. The summed E-state index contributed by atoms with van der Waals surface area (Å²) in [6.45, 7) is 16.5. The van der Waals surface area contributed by atoms with Gasteiger partial charge in [0.1, 0.15) is 27.8 Å². The van der Waals surface area contributed by atoms with Gasteiger partial charge < -0.3 is 59.2 Å². The van der Waals surface area contributed by atoms with Crippen molar-refractivity contribution >= 4 is 71.4 Å². The van der Waals surface area contributed by atoms with E-state index in [1.54, 1.807) is 56.9 Å². The largest absolute Gasteiger partial charge is 0.450 e. The third kappa shape index (κ3) is 14.3. The highest BCUT2D eigenvalue weighted by atomic mass is 32.1. The van der Waals surface area contributed by atoms with Crippen molar-refractivity contribution in [1.29, 1.82) is 0 Å². The Morgan fingerprint density at radius 3 is 1.65 bits per heavy atom. The molecule has 0 unspecified atom stereocenters. The molecule has 0 atom stereocenters. The molecule has 1 amide bonds. The molecule has 0 bridgehead atoms. The molecule has 0 saturated heterocycles. The summed E-state index contributed by atoms with van der Waals surface area (Å²) in [6.07, 6.45) is 10.1. The van der Waals surface area contributed by atoms with Gasteiger partial charge in [-0.2, -0.15) is 14.4 Å². The lowest BCUT2D eigenvalue weighted by Crippen LogP contribution is -2.35. The van der Waals surface area contributed by atoms with E-state index in [4.69, 9.17) is 51.9 Å². The van der Waals surface area contributed by atoms with Crippen LogP contribution in [-0.4, -0.2) is 73.8 Å². The van der Waals surface area contributed by atoms with Crippen LogP contribution >= 0.6 is 36.7 Å². The Labute approximate surface area is 452 Å². The van der Waals surface area contributed by atoms with E-state index in [-0.39, 0.29) is 39.2 Å². The average Bonchev–Trinajstić information content (AvgIpc) is 3.37. The molecular formula is C49H53F4N15O6S3. The molecule has 6 aromatic rings. The Balaban J connectivity index is 0.000000175. The van der Waals surface area contributed by atoms with Gasteiger partial charge in [0.05, 0.1) is 18.1 Å². The number of carbonyl (C=O) groups is 1. The zero-order valence-corrected chi connectivity index (χ0v) is 45.8. The number of ether oxygens (including phenoxy) is 2. The minimum atomic E-state index is -1.94. The van der Waals surface area contributed by atoms with E-state index in [0.29, 0.717) is 49.6 Å². The molecule has 0 saturated carbocycles. The molecule has 7 N–H and O–H groups in total. The number of benzene rings is 2. The molecule has 2 aromatic carbocycles. The molecule has 4 aliphatic rings. The number of nitrogens with two attached hydrogens (primary N) is 1. The first kappa shape index (κ1) is 59.1. The van der Waals surface area contributed by atoms with Gasteiger partial charge in [0, 0.05) is 89.4 Å². The van der Waals surface area contributed by atoms with E-state index in [9.17, 15) is 36.7 Å². The van der Waals surface area contributed by atoms with Crippen LogP contribution in [0.4, 0.5) is 40.6 Å². The second kappa shape index (κ2) is 24.7. The summed E-state index contributed by atoms with van der Waals surface area (Å²) in [5.74, 6) is -3.87. The Bertz CT molecular complexity index is 3700. The van der Waals surface area contributed by atoms with Crippen molar-refractivity contribution in [3.8, 4) is 23.0 Å². The Morgan fingerprint density at radius 2 is 1.10 bits per heavy atom. The van der Waals surface area contributed by atoms with Crippen molar-refractivity contribution in [2.45, 2.75) is 34.6 Å². The highest BCUT2D eigenvalue weighted by Crippen LogP contribution is 2.45. The van der Waals surface area contributed by atoms with Crippen LogP contribution in [0.1, 0.15) is 30.5 Å². The SMILES string of the molecule is C=C1N=C(N)C(C)=CN1C.C=C1NC(=O)C(C)=CN1C.Cc1cccc2c1Nc1nc(=S)n(C)cc1O2.Cc1cn(C)c(=O)[nH]c1=O.Cc1cn(C)c(=O)[nH]c1=S.Cn1cc2c(nc1=S)Nc1c(F)c(F)c(F)c(F)c1O2. The van der Waals surface area contributed by atoms with E-state index in [1.807, 2.05) is 77.4 Å². The van der Waals surface area contributed by atoms with E-state index >= 15 is 0 Å². The summed E-state index contributed by atoms with van der Waals surface area (Å²) in [4.78, 5) is 63.6. The number of aromatic nitrogens is 8. The number of nitrogens with zero attached hydrogens (tertiary/aromatic N) is 9. The van der Waals surface area contributed by atoms with Crippen LogP contribution in [0.5, 0.6) is 23.0 Å². The standard InChI is InChI=1S/C12H11N3OS.C11H5F4N3OS.C7H11N3.C7H10N2O.C6H8N2O2.C6H8N2OS/c1-7-4-3-5-8-10(7)13-11-9(16-8)6-15(2)12(17)14-11;1-18-2-3-10(17-11(18)20)16-8-6(14)4(12)5(13)7(15)9(8)19-3;1-5-4-10(3)6(2)9-7(5)8;1-5-4-9(3)6(2)8-7(5)10;1-4-3-8(2)6(10)7-5(4)9;1-4-3-8(2)6(9)7-5(4)10/h3-6H,1-2H3,(H,13,14,17);2H,1H3,(H,16,17,20);4H,2H2,1,3H3,(H2,8,9);4H,2H2,1,3H3,(H,8,10);2*3H,1-2H3,(H,7,9,10). The molecule has 0 aliphatic carbocycles. The minimum absolute atomic E-state index is 0.00934. The van der Waals surface area contributed by atoms with Gasteiger partial charge in [0.2, 0.25) is 21.2 Å². The van der Waals surface area contributed by atoms with Gasteiger partial charge in [-0.1, -0.05) is 37.5 Å². The Hall–Kier alpha value is -8.76. The number of amides is 1. The molecule has 4 aromatic heterocycles. The molecule has 4 aliphatic heterocycles. The number of rotatable bonds is 0. The average molecular weight is 1120 g/mol. The van der Waals surface area contributed by atoms with Crippen LogP contribution in [0.15, 0.2) is 111 Å². The minimum Gasteiger partial charge on any atom is -0.450 e. The van der Waals surface area contributed by atoms with E-state index in [0.717, 1.165) is 28.1 Å². The number of hydrogen-bond donors (Lipinski definition) is 6. The number of fused-ring (bicyclic) bond motifs is 4. The molecule has 0 radical (unpaired) electrons. The van der Waals surface area contributed by atoms with Gasteiger partial charge in [0.15, 0.2) is 46.3 Å². The lowest BCUT2D eigenvalue weighted by Gasteiger charge is -2.23. The number of amidine groups is 1. The monoisotopic (exact) mass is 1120 g/mol. The number of nitrogens with one attached hydrogen (secondary N) is 5. The predicted molar refractivity (Wildman–Crippen MR) is 292 cm³/mol. The van der Waals surface area contributed by atoms with Gasteiger partial charge in [0.25, 0.3) is 11.5 Å². The third-order valence-electron chi connectivity index (χ3n) is 10.9. The number of para-hydroxylation sites is 1. The maximum Gasteiger partial charge on any atom is 0.328 e. The van der Waals surface area contributed by atoms with Gasteiger partial charge >= 0.3 is 11.4 Å². The number of aliphatic imine (C=N–C) groups is 1. The first-order valence-corrected chi connectivity index (χ1v) is 23.6. The lowest BCUT2D eigenvalue weighted by molar-refractivity contribution is -0.117. The molecular weight excluding hydrogens is 1070 g/mol. The molecule has 406 valence electrons. The number of carbonyl (C=O) groups excluding carboxylic acids is 1. The Morgan fingerprint density at radius 1 is 0.584 bits per heavy atom. The van der Waals surface area contributed by atoms with Crippen molar-refractivity contribution < 1.29 is 31.8 Å². The van der Waals surface area contributed by atoms with Crippen molar-refractivity contribution in [3.63, 3.8) is 0 Å². The van der Waals surface area contributed by atoms with Gasteiger partial charge in [-0.3, -0.25) is 19.6 Å². The van der Waals surface area contributed by atoms with E-state index < -0.39 is 34.7 Å². The predicted octanol–water partition coefficient (Wildman–Crippen LogP) is 8.08. The van der Waals surface area contributed by atoms with Crippen LogP contribution in [0, 0.1) is 58.2 Å². The van der Waals surface area contributed by atoms with Crippen LogP contribution in [-0.2, 0) is 33.0 Å². The highest BCUT2D eigenvalue weighted by molar-refractivity contribution is 7.71. The topological polar surface area (TPSA) is 245 Å². The number of hydrogen-bond acceptors (Lipinski definition) is 17. The smallest absolute Gasteiger partial charge is 0.328 e. The maximum atomic E-state index is 13.6. The van der Waals surface area contributed by atoms with Crippen LogP contribution < -0.4 is 48.1 Å². The maximum absolute atomic E-state index is 13.6. The summed E-state index contributed by atoms with van der Waals surface area (Å²) in [6, 6.07) is 5.92. The number of aryl methyl sites for hydroxylation is 7. The number of halogens is 4. The highest BCUT2D eigenvalue weighted by Gasteiger charge is 2.32. The normalized spacial score (nSPS) is 13.2. The van der Waals surface area contributed by atoms with Crippen molar-refractivity contribution in [2.24, 2.45) is 38.9 Å². The Kier molecular flexibility index (Phi) is 19.0. The summed E-state index contributed by atoms with van der Waals surface area (Å²) >= 11 is 14.9.